The Bertz CT molecular complexity index is 585. The van der Waals surface area contributed by atoms with E-state index < -0.39 is 0 Å². The second-order valence-electron chi connectivity index (χ2n) is 5.96. The van der Waals surface area contributed by atoms with Gasteiger partial charge >= 0.3 is 12.0 Å². The lowest BCUT2D eigenvalue weighted by Crippen LogP contribution is -2.28. The van der Waals surface area contributed by atoms with Crippen molar-refractivity contribution in [3.63, 3.8) is 0 Å². The van der Waals surface area contributed by atoms with Gasteiger partial charge < -0.3 is 10.1 Å². The third-order valence-corrected chi connectivity index (χ3v) is 4.28. The van der Waals surface area contributed by atoms with Crippen molar-refractivity contribution in [1.29, 1.82) is 0 Å². The first kappa shape index (κ1) is 13.9. The Balaban J connectivity index is 1.68. The monoisotopic (exact) mass is 288 g/mol. The first-order valence-electron chi connectivity index (χ1n) is 7.39. The Morgan fingerprint density at radius 1 is 1.48 bits per heavy atom. The molecule has 5 nitrogen and oxygen atoms in total. The highest BCUT2D eigenvalue weighted by Gasteiger charge is 2.33. The molecule has 1 heterocycles. The molecule has 112 valence electrons. The average molecular weight is 288 g/mol. The summed E-state index contributed by atoms with van der Waals surface area (Å²) in [5, 5.41) is 2.77. The van der Waals surface area contributed by atoms with Crippen molar-refractivity contribution < 1.29 is 14.3 Å². The first-order valence-corrected chi connectivity index (χ1v) is 7.39. The minimum absolute atomic E-state index is 0.0869. The number of urea groups is 1. The molecule has 1 aliphatic heterocycles. The summed E-state index contributed by atoms with van der Waals surface area (Å²) in [7, 11) is 0. The molecular weight excluding hydrogens is 268 g/mol. The summed E-state index contributed by atoms with van der Waals surface area (Å²) in [6.45, 7) is 5.89. The van der Waals surface area contributed by atoms with Crippen LogP contribution in [0.1, 0.15) is 29.3 Å². The fraction of sp³-hybridized carbons (Fsp3) is 0.500. The number of amides is 2. The summed E-state index contributed by atoms with van der Waals surface area (Å²) in [6, 6.07) is 5.25. The lowest BCUT2D eigenvalue weighted by molar-refractivity contribution is 0.0481. The number of rotatable bonds is 4. The standard InChI is InChI=1S/C16H20N2O3/c1-10-7-13(10)9-21-15(19)12-3-4-14(11(2)8-12)18-6-5-17-16(18)20/h3-4,8,10,13H,5-7,9H2,1-2H3,(H,17,20)/t10-,13+/m0/s1. The highest BCUT2D eigenvalue weighted by atomic mass is 16.5. The highest BCUT2D eigenvalue weighted by molar-refractivity contribution is 5.96. The summed E-state index contributed by atoms with van der Waals surface area (Å²) >= 11 is 0. The van der Waals surface area contributed by atoms with Crippen LogP contribution in [0.25, 0.3) is 0 Å². The van der Waals surface area contributed by atoms with E-state index in [0.717, 1.165) is 17.7 Å². The van der Waals surface area contributed by atoms with Gasteiger partial charge in [0, 0.05) is 18.8 Å². The van der Waals surface area contributed by atoms with Gasteiger partial charge in [0.05, 0.1) is 12.2 Å². The van der Waals surface area contributed by atoms with Gasteiger partial charge in [0.15, 0.2) is 0 Å². The largest absolute Gasteiger partial charge is 0.462 e. The molecule has 1 aromatic carbocycles. The van der Waals surface area contributed by atoms with Crippen LogP contribution >= 0.6 is 0 Å². The average Bonchev–Trinajstić information content (AvgIpc) is 3.00. The number of hydrogen-bond acceptors (Lipinski definition) is 3. The number of hydrogen-bond donors (Lipinski definition) is 1. The number of nitrogens with zero attached hydrogens (tertiary/aromatic N) is 1. The summed E-state index contributed by atoms with van der Waals surface area (Å²) in [5.41, 5.74) is 2.29. The topological polar surface area (TPSA) is 58.6 Å². The Labute approximate surface area is 124 Å². The maximum atomic E-state index is 12.0. The molecule has 1 saturated heterocycles. The number of benzene rings is 1. The highest BCUT2D eigenvalue weighted by Crippen LogP contribution is 2.37. The van der Waals surface area contributed by atoms with Gasteiger partial charge in [-0.3, -0.25) is 4.90 Å². The van der Waals surface area contributed by atoms with Crippen LogP contribution in [0.3, 0.4) is 0 Å². The molecule has 0 bridgehead atoms. The van der Waals surface area contributed by atoms with Crippen LogP contribution in [-0.2, 0) is 4.74 Å². The molecule has 21 heavy (non-hydrogen) atoms. The number of nitrogens with one attached hydrogen (secondary N) is 1. The molecule has 2 aliphatic rings. The van der Waals surface area contributed by atoms with Gasteiger partial charge in [0.1, 0.15) is 0 Å². The van der Waals surface area contributed by atoms with E-state index in [1.807, 2.05) is 13.0 Å². The molecule has 5 heteroatoms. The molecule has 1 aliphatic carbocycles. The Kier molecular flexibility index (Phi) is 3.57. The number of carbonyl (C=O) groups is 2. The van der Waals surface area contributed by atoms with Crippen LogP contribution in [0.4, 0.5) is 10.5 Å². The van der Waals surface area contributed by atoms with Gasteiger partial charge in [-0.1, -0.05) is 6.92 Å². The lowest BCUT2D eigenvalue weighted by atomic mass is 10.1. The molecule has 2 amide bonds. The predicted molar refractivity (Wildman–Crippen MR) is 79.5 cm³/mol. The maximum absolute atomic E-state index is 12.0. The number of carbonyl (C=O) groups excluding carboxylic acids is 2. The van der Waals surface area contributed by atoms with Crippen molar-refractivity contribution in [2.24, 2.45) is 11.8 Å². The minimum Gasteiger partial charge on any atom is -0.462 e. The summed E-state index contributed by atoms with van der Waals surface area (Å²) in [5.74, 6) is 0.924. The van der Waals surface area contributed by atoms with Crippen molar-refractivity contribution >= 4 is 17.7 Å². The normalized spacial score (nSPS) is 23.9. The molecule has 2 atom stereocenters. The van der Waals surface area contributed by atoms with Gasteiger partial charge in [0.2, 0.25) is 0 Å². The Morgan fingerprint density at radius 2 is 2.24 bits per heavy atom. The molecule has 0 aromatic heterocycles. The smallest absolute Gasteiger partial charge is 0.338 e. The van der Waals surface area contributed by atoms with Crippen LogP contribution in [0, 0.1) is 18.8 Å². The van der Waals surface area contributed by atoms with Crippen molar-refractivity contribution in [2.75, 3.05) is 24.6 Å². The van der Waals surface area contributed by atoms with E-state index in [-0.39, 0.29) is 12.0 Å². The van der Waals surface area contributed by atoms with Crippen LogP contribution < -0.4 is 10.2 Å². The zero-order chi connectivity index (χ0) is 15.0. The SMILES string of the molecule is Cc1cc(C(=O)OC[C@H]2C[C@@H]2C)ccc1N1CCNC1=O. The summed E-state index contributed by atoms with van der Waals surface area (Å²) < 4.78 is 5.33. The fourth-order valence-electron chi connectivity index (χ4n) is 2.68. The zero-order valence-electron chi connectivity index (χ0n) is 12.4. The van der Waals surface area contributed by atoms with Crippen LogP contribution in [0.5, 0.6) is 0 Å². The van der Waals surface area contributed by atoms with Crippen LogP contribution in [-0.4, -0.2) is 31.7 Å². The van der Waals surface area contributed by atoms with Crippen molar-refractivity contribution in [1.82, 2.24) is 5.32 Å². The van der Waals surface area contributed by atoms with Crippen LogP contribution in [0.2, 0.25) is 0 Å². The second kappa shape index (κ2) is 5.39. The third-order valence-electron chi connectivity index (χ3n) is 4.28. The molecular formula is C16H20N2O3. The lowest BCUT2D eigenvalue weighted by Gasteiger charge is -2.17. The van der Waals surface area contributed by atoms with Crippen molar-refractivity contribution in [2.45, 2.75) is 20.3 Å². The molecule has 1 aromatic rings. The van der Waals surface area contributed by atoms with Crippen LogP contribution in [0.15, 0.2) is 18.2 Å². The fourth-order valence-corrected chi connectivity index (χ4v) is 2.68. The van der Waals surface area contributed by atoms with Crippen molar-refractivity contribution in [3.8, 4) is 0 Å². The van der Waals surface area contributed by atoms with Gasteiger partial charge in [-0.15, -0.1) is 0 Å². The molecule has 0 unspecified atom stereocenters. The quantitative estimate of drug-likeness (QED) is 0.865. The van der Waals surface area contributed by atoms with E-state index in [9.17, 15) is 9.59 Å². The van der Waals surface area contributed by atoms with Gasteiger partial charge in [0.25, 0.3) is 0 Å². The summed E-state index contributed by atoms with van der Waals surface area (Å²) in [6.07, 6.45) is 1.15. The van der Waals surface area contributed by atoms with E-state index in [1.54, 1.807) is 17.0 Å². The first-order chi connectivity index (χ1) is 10.1. The van der Waals surface area contributed by atoms with E-state index in [2.05, 4.69) is 12.2 Å². The van der Waals surface area contributed by atoms with E-state index in [0.29, 0.717) is 37.1 Å². The van der Waals surface area contributed by atoms with E-state index in [4.69, 9.17) is 4.74 Å². The van der Waals surface area contributed by atoms with Crippen molar-refractivity contribution in [3.05, 3.63) is 29.3 Å². The van der Waals surface area contributed by atoms with Gasteiger partial charge in [-0.05, 0) is 48.9 Å². The molecule has 1 saturated carbocycles. The zero-order valence-corrected chi connectivity index (χ0v) is 12.4. The maximum Gasteiger partial charge on any atom is 0.338 e. The van der Waals surface area contributed by atoms with Gasteiger partial charge in [-0.2, -0.15) is 0 Å². The van der Waals surface area contributed by atoms with E-state index in [1.165, 1.54) is 0 Å². The third kappa shape index (κ3) is 2.86. The number of anilines is 1. The minimum atomic E-state index is -0.283. The molecule has 0 radical (unpaired) electrons. The Hall–Kier alpha value is -2.04. The predicted octanol–water partition coefficient (Wildman–Crippen LogP) is 2.34. The molecule has 1 N–H and O–H groups in total. The van der Waals surface area contributed by atoms with E-state index >= 15 is 0 Å². The number of esters is 1. The molecule has 2 fully saturated rings. The number of ether oxygens (including phenoxy) is 1. The summed E-state index contributed by atoms with van der Waals surface area (Å²) in [4.78, 5) is 25.4. The molecule has 0 spiro atoms. The van der Waals surface area contributed by atoms with Gasteiger partial charge in [-0.25, -0.2) is 9.59 Å². The number of aryl methyl sites for hydroxylation is 1. The molecule has 3 rings (SSSR count). The second-order valence-corrected chi connectivity index (χ2v) is 5.96. The Morgan fingerprint density at radius 3 is 2.81 bits per heavy atom.